The summed E-state index contributed by atoms with van der Waals surface area (Å²) in [4.78, 5) is 4.33. The number of nitrogens with zero attached hydrogens (tertiary/aromatic N) is 1. The van der Waals surface area contributed by atoms with Crippen LogP contribution in [0.25, 0.3) is 0 Å². The highest BCUT2D eigenvalue weighted by Crippen LogP contribution is 2.11. The molecule has 0 fully saturated rings. The molecule has 0 aromatic rings. The van der Waals surface area contributed by atoms with Gasteiger partial charge in [-0.25, -0.2) is 0 Å². The van der Waals surface area contributed by atoms with E-state index in [2.05, 4.69) is 46.2 Å². The monoisotopic (exact) mass is 167 g/mol. The molecule has 0 aliphatic rings. The lowest BCUT2D eigenvalue weighted by molar-refractivity contribution is 0.539. The molecule has 0 radical (unpaired) electrons. The Morgan fingerprint density at radius 3 is 2.00 bits per heavy atom. The van der Waals surface area contributed by atoms with Crippen molar-refractivity contribution in [2.24, 2.45) is 22.7 Å². The van der Waals surface area contributed by atoms with Crippen LogP contribution in [0.15, 0.2) is 17.3 Å². The van der Waals surface area contributed by atoms with Crippen molar-refractivity contribution in [2.45, 2.75) is 34.6 Å². The van der Waals surface area contributed by atoms with Gasteiger partial charge in [0.05, 0.1) is 0 Å². The van der Waals surface area contributed by atoms with E-state index in [4.69, 9.17) is 0 Å². The Morgan fingerprint density at radius 2 is 1.67 bits per heavy atom. The van der Waals surface area contributed by atoms with Crippen molar-refractivity contribution in [1.29, 1.82) is 0 Å². The summed E-state index contributed by atoms with van der Waals surface area (Å²) in [6.45, 7) is 14.7. The summed E-state index contributed by atoms with van der Waals surface area (Å²) in [6, 6.07) is 0. The van der Waals surface area contributed by atoms with E-state index in [0.29, 0.717) is 17.8 Å². The van der Waals surface area contributed by atoms with Gasteiger partial charge in [-0.2, -0.15) is 0 Å². The quantitative estimate of drug-likeness (QED) is 0.568. The zero-order chi connectivity index (χ0) is 9.72. The first-order valence-electron chi connectivity index (χ1n) is 4.68. The average molecular weight is 167 g/mol. The first-order chi connectivity index (χ1) is 5.45. The second-order valence-electron chi connectivity index (χ2n) is 4.03. The van der Waals surface area contributed by atoms with Crippen LogP contribution >= 0.6 is 0 Å². The minimum Gasteiger partial charge on any atom is -0.266 e. The Kier molecular flexibility index (Phi) is 4.87. The van der Waals surface area contributed by atoms with E-state index in [1.807, 2.05) is 6.21 Å². The molecule has 0 amide bonds. The molecule has 70 valence electrons. The van der Waals surface area contributed by atoms with Crippen molar-refractivity contribution in [3.8, 4) is 0 Å². The Bertz CT molecular complexity index is 166. The van der Waals surface area contributed by atoms with E-state index >= 15 is 0 Å². The average Bonchev–Trinajstić information content (AvgIpc) is 1.98. The van der Waals surface area contributed by atoms with Crippen molar-refractivity contribution in [1.82, 2.24) is 0 Å². The van der Waals surface area contributed by atoms with E-state index in [1.54, 1.807) is 0 Å². The molecule has 0 saturated heterocycles. The zero-order valence-corrected chi connectivity index (χ0v) is 8.96. The molecule has 0 aliphatic carbocycles. The largest absolute Gasteiger partial charge is 0.266 e. The van der Waals surface area contributed by atoms with Crippen LogP contribution < -0.4 is 0 Å². The van der Waals surface area contributed by atoms with Crippen molar-refractivity contribution >= 4 is 6.21 Å². The van der Waals surface area contributed by atoms with Gasteiger partial charge in [0.2, 0.25) is 0 Å². The van der Waals surface area contributed by atoms with Gasteiger partial charge in [0.25, 0.3) is 0 Å². The minimum absolute atomic E-state index is 0.459. The van der Waals surface area contributed by atoms with Gasteiger partial charge in [0.15, 0.2) is 0 Å². The van der Waals surface area contributed by atoms with Gasteiger partial charge in [-0.3, -0.25) is 4.99 Å². The van der Waals surface area contributed by atoms with Gasteiger partial charge < -0.3 is 0 Å². The molecular weight excluding hydrogens is 146 g/mol. The van der Waals surface area contributed by atoms with Crippen molar-refractivity contribution < 1.29 is 0 Å². The number of hydrogen-bond donors (Lipinski definition) is 0. The summed E-state index contributed by atoms with van der Waals surface area (Å²) in [5, 5.41) is 0. The standard InChI is InChI=1S/C11H21N/c1-8(2)10(5)7-12-11(6)9(3)4/h7-10H,6H2,1-5H3/b12-7+. The van der Waals surface area contributed by atoms with Crippen LogP contribution in [0.5, 0.6) is 0 Å². The molecular formula is C11H21N. The van der Waals surface area contributed by atoms with Crippen LogP contribution in [0.3, 0.4) is 0 Å². The normalized spacial score (nSPS) is 14.6. The van der Waals surface area contributed by atoms with Gasteiger partial charge in [-0.1, -0.05) is 41.2 Å². The number of aliphatic imine (C=N–C) groups is 1. The smallest absolute Gasteiger partial charge is 0.0353 e. The van der Waals surface area contributed by atoms with Crippen LogP contribution in [0.4, 0.5) is 0 Å². The van der Waals surface area contributed by atoms with Crippen LogP contribution in [-0.4, -0.2) is 6.21 Å². The van der Waals surface area contributed by atoms with Gasteiger partial charge in [0, 0.05) is 11.9 Å². The third-order valence-corrected chi connectivity index (χ3v) is 2.19. The Hall–Kier alpha value is -0.590. The van der Waals surface area contributed by atoms with Crippen LogP contribution in [0.1, 0.15) is 34.6 Å². The molecule has 0 aromatic heterocycles. The highest BCUT2D eigenvalue weighted by molar-refractivity contribution is 5.61. The fourth-order valence-corrected chi connectivity index (χ4v) is 0.535. The second kappa shape index (κ2) is 5.13. The maximum absolute atomic E-state index is 4.33. The number of rotatable bonds is 4. The molecule has 0 rings (SSSR count). The van der Waals surface area contributed by atoms with Gasteiger partial charge >= 0.3 is 0 Å². The van der Waals surface area contributed by atoms with Gasteiger partial charge in [-0.05, 0) is 17.8 Å². The maximum atomic E-state index is 4.33. The summed E-state index contributed by atoms with van der Waals surface area (Å²) < 4.78 is 0. The van der Waals surface area contributed by atoms with Crippen LogP contribution in [-0.2, 0) is 0 Å². The molecule has 1 nitrogen and oxygen atoms in total. The fraction of sp³-hybridized carbons (Fsp3) is 0.727. The molecule has 0 aliphatic heterocycles. The summed E-state index contributed by atoms with van der Waals surface area (Å²) in [7, 11) is 0. The third kappa shape index (κ3) is 4.32. The molecule has 0 N–H and O–H groups in total. The fourth-order valence-electron chi connectivity index (χ4n) is 0.535. The summed E-state index contributed by atoms with van der Waals surface area (Å²) >= 11 is 0. The predicted octanol–water partition coefficient (Wildman–Crippen LogP) is 3.52. The Morgan fingerprint density at radius 1 is 1.17 bits per heavy atom. The first-order valence-corrected chi connectivity index (χ1v) is 4.68. The molecule has 1 heteroatoms. The Labute approximate surface area is 76.6 Å². The van der Waals surface area contributed by atoms with E-state index < -0.39 is 0 Å². The lowest BCUT2D eigenvalue weighted by Gasteiger charge is -2.10. The minimum atomic E-state index is 0.459. The zero-order valence-electron chi connectivity index (χ0n) is 8.96. The van der Waals surface area contributed by atoms with Crippen molar-refractivity contribution in [2.75, 3.05) is 0 Å². The van der Waals surface area contributed by atoms with Crippen molar-refractivity contribution in [3.05, 3.63) is 12.3 Å². The molecule has 0 aromatic carbocycles. The molecule has 0 spiro atoms. The summed E-state index contributed by atoms with van der Waals surface area (Å²) in [5.41, 5.74) is 0.975. The SMILES string of the molecule is C=C(/N=C/C(C)C(C)C)C(C)C. The summed E-state index contributed by atoms with van der Waals surface area (Å²) in [6.07, 6.45) is 2.01. The molecule has 0 saturated carbocycles. The van der Waals surface area contributed by atoms with E-state index in [9.17, 15) is 0 Å². The molecule has 0 bridgehead atoms. The lowest BCUT2D eigenvalue weighted by atomic mass is 10.00. The van der Waals surface area contributed by atoms with E-state index in [0.717, 1.165) is 5.70 Å². The van der Waals surface area contributed by atoms with E-state index in [-0.39, 0.29) is 0 Å². The third-order valence-electron chi connectivity index (χ3n) is 2.19. The number of allylic oxidation sites excluding steroid dienone is 1. The highest BCUT2D eigenvalue weighted by Gasteiger charge is 2.03. The first kappa shape index (κ1) is 11.4. The van der Waals surface area contributed by atoms with Crippen molar-refractivity contribution in [3.63, 3.8) is 0 Å². The van der Waals surface area contributed by atoms with Crippen LogP contribution in [0, 0.1) is 17.8 Å². The number of hydrogen-bond acceptors (Lipinski definition) is 1. The molecule has 0 heterocycles. The predicted molar refractivity (Wildman–Crippen MR) is 56.5 cm³/mol. The maximum Gasteiger partial charge on any atom is 0.0353 e. The van der Waals surface area contributed by atoms with Gasteiger partial charge in [0.1, 0.15) is 0 Å². The van der Waals surface area contributed by atoms with Gasteiger partial charge in [-0.15, -0.1) is 0 Å². The molecule has 12 heavy (non-hydrogen) atoms. The molecule has 1 unspecified atom stereocenters. The topological polar surface area (TPSA) is 12.4 Å². The summed E-state index contributed by atoms with van der Waals surface area (Å²) in [5.74, 6) is 1.66. The lowest BCUT2D eigenvalue weighted by Crippen LogP contribution is -2.05. The second-order valence-corrected chi connectivity index (χ2v) is 4.03. The molecule has 1 atom stereocenters. The van der Waals surface area contributed by atoms with Crippen LogP contribution in [0.2, 0.25) is 0 Å². The highest BCUT2D eigenvalue weighted by atomic mass is 14.7. The Balaban J connectivity index is 3.98. The van der Waals surface area contributed by atoms with E-state index in [1.165, 1.54) is 0 Å².